The highest BCUT2D eigenvalue weighted by atomic mass is 35.5. The average molecular weight is 448 g/mol. The molecule has 29 heavy (non-hydrogen) atoms. The first-order valence-electron chi connectivity index (χ1n) is 9.13. The predicted molar refractivity (Wildman–Crippen MR) is 121 cm³/mol. The third-order valence-corrected chi connectivity index (χ3v) is 6.81. The Morgan fingerprint density at radius 2 is 1.93 bits per heavy atom. The molecule has 152 valence electrons. The van der Waals surface area contributed by atoms with Gasteiger partial charge in [-0.2, -0.15) is 0 Å². The minimum Gasteiger partial charge on any atom is -0.365 e. The first-order chi connectivity index (χ1) is 13.6. The van der Waals surface area contributed by atoms with E-state index in [0.29, 0.717) is 17.0 Å². The molecule has 4 rings (SSSR count). The van der Waals surface area contributed by atoms with E-state index in [-0.39, 0.29) is 18.3 Å². The summed E-state index contributed by atoms with van der Waals surface area (Å²) in [7, 11) is 0. The van der Waals surface area contributed by atoms with Crippen molar-refractivity contribution in [3.05, 3.63) is 74.3 Å². The van der Waals surface area contributed by atoms with Gasteiger partial charge < -0.3 is 11.1 Å². The Bertz CT molecular complexity index is 987. The van der Waals surface area contributed by atoms with Crippen molar-refractivity contribution in [1.29, 1.82) is 0 Å². The second-order valence-corrected chi connectivity index (χ2v) is 8.96. The van der Waals surface area contributed by atoms with Gasteiger partial charge in [-0.05, 0) is 29.0 Å². The van der Waals surface area contributed by atoms with Crippen molar-refractivity contribution in [2.24, 2.45) is 5.73 Å². The molecule has 0 saturated heterocycles. The molecular formula is C21H22ClN3O2S2. The number of thiophene rings is 2. The summed E-state index contributed by atoms with van der Waals surface area (Å²) in [4.78, 5) is 29.0. The molecule has 0 radical (unpaired) electrons. The summed E-state index contributed by atoms with van der Waals surface area (Å²) in [5.41, 5.74) is 8.40. The molecule has 2 aromatic heterocycles. The topological polar surface area (TPSA) is 75.4 Å². The molecule has 3 N–H and O–H groups in total. The Morgan fingerprint density at radius 1 is 1.14 bits per heavy atom. The average Bonchev–Trinajstić information content (AvgIpc) is 3.29. The lowest BCUT2D eigenvalue weighted by molar-refractivity contribution is -0.115. The summed E-state index contributed by atoms with van der Waals surface area (Å²) in [5.74, 6) is -0.592. The van der Waals surface area contributed by atoms with Crippen LogP contribution in [-0.4, -0.2) is 23.3 Å². The minimum absolute atomic E-state index is 0. The van der Waals surface area contributed by atoms with Crippen LogP contribution in [0, 0.1) is 0 Å². The molecule has 2 amide bonds. The number of nitrogens with one attached hydrogen (secondary N) is 1. The number of primary amides is 1. The number of anilines is 1. The summed E-state index contributed by atoms with van der Waals surface area (Å²) >= 11 is 3.02. The highest BCUT2D eigenvalue weighted by Gasteiger charge is 2.27. The number of rotatable bonds is 6. The van der Waals surface area contributed by atoms with Gasteiger partial charge in [-0.3, -0.25) is 14.5 Å². The Labute approximate surface area is 184 Å². The van der Waals surface area contributed by atoms with Crippen LogP contribution in [0.2, 0.25) is 0 Å². The summed E-state index contributed by atoms with van der Waals surface area (Å²) in [6, 6.07) is 14.2. The fourth-order valence-corrected chi connectivity index (χ4v) is 5.54. The van der Waals surface area contributed by atoms with Crippen molar-refractivity contribution in [1.82, 2.24) is 4.90 Å². The number of carbonyl (C=O) groups excluding carboxylic acids is 2. The molecule has 0 aliphatic carbocycles. The Balaban J connectivity index is 0.00000240. The van der Waals surface area contributed by atoms with Crippen molar-refractivity contribution < 1.29 is 9.59 Å². The molecule has 0 unspecified atom stereocenters. The number of benzene rings is 1. The quantitative estimate of drug-likeness (QED) is 0.598. The third-order valence-electron chi connectivity index (χ3n) is 4.80. The van der Waals surface area contributed by atoms with E-state index in [1.165, 1.54) is 16.9 Å². The molecule has 0 bridgehead atoms. The van der Waals surface area contributed by atoms with E-state index in [1.807, 2.05) is 35.7 Å². The van der Waals surface area contributed by atoms with Gasteiger partial charge in [0.2, 0.25) is 5.91 Å². The van der Waals surface area contributed by atoms with Crippen molar-refractivity contribution in [3.8, 4) is 0 Å². The summed E-state index contributed by atoms with van der Waals surface area (Å²) < 4.78 is 0. The number of nitrogens with two attached hydrogens (primary N) is 1. The van der Waals surface area contributed by atoms with Crippen LogP contribution in [0.5, 0.6) is 0 Å². The fraction of sp³-hybridized carbons (Fsp3) is 0.238. The number of carbonyl (C=O) groups is 2. The molecule has 8 heteroatoms. The second-order valence-electron chi connectivity index (χ2n) is 6.82. The van der Waals surface area contributed by atoms with Gasteiger partial charge in [0, 0.05) is 29.4 Å². The van der Waals surface area contributed by atoms with Crippen LogP contribution in [-0.2, 0) is 30.7 Å². The smallest absolute Gasteiger partial charge is 0.251 e. The van der Waals surface area contributed by atoms with Gasteiger partial charge in [-0.1, -0.05) is 36.4 Å². The maximum absolute atomic E-state index is 12.4. The number of amides is 2. The molecule has 1 aliphatic heterocycles. The van der Waals surface area contributed by atoms with Crippen LogP contribution >= 0.6 is 35.1 Å². The SMILES string of the molecule is Cl.NC(=O)c1c(NC(=O)Cc2cccs2)sc2c1CCN(Cc1ccccc1)C2. The lowest BCUT2D eigenvalue weighted by Gasteiger charge is -2.27. The molecule has 3 aromatic rings. The van der Waals surface area contributed by atoms with Crippen molar-refractivity contribution in [3.63, 3.8) is 0 Å². The first kappa shape index (κ1) is 21.5. The molecule has 0 spiro atoms. The predicted octanol–water partition coefficient (Wildman–Crippen LogP) is 4.07. The zero-order chi connectivity index (χ0) is 19.5. The minimum atomic E-state index is -0.472. The standard InChI is InChI=1S/C21H21N3O2S2.ClH/c22-20(26)19-16-8-9-24(12-14-5-2-1-3-6-14)13-17(16)28-21(19)23-18(25)11-15-7-4-10-27-15;/h1-7,10H,8-9,11-13H2,(H2,22,26)(H,23,25);1H. The molecular weight excluding hydrogens is 426 g/mol. The maximum atomic E-state index is 12.4. The van der Waals surface area contributed by atoms with Crippen LogP contribution in [0.15, 0.2) is 47.8 Å². The van der Waals surface area contributed by atoms with Crippen LogP contribution in [0.25, 0.3) is 0 Å². The number of nitrogens with zero attached hydrogens (tertiary/aromatic N) is 1. The van der Waals surface area contributed by atoms with Crippen molar-refractivity contribution in [2.75, 3.05) is 11.9 Å². The van der Waals surface area contributed by atoms with E-state index >= 15 is 0 Å². The molecule has 0 atom stereocenters. The lowest BCUT2D eigenvalue weighted by Crippen LogP contribution is -2.30. The number of halogens is 1. The Morgan fingerprint density at radius 3 is 2.62 bits per heavy atom. The Hall–Kier alpha value is -2.19. The highest BCUT2D eigenvalue weighted by Crippen LogP contribution is 2.37. The van der Waals surface area contributed by atoms with Crippen molar-refractivity contribution >= 4 is 51.9 Å². The second kappa shape index (κ2) is 9.54. The number of fused-ring (bicyclic) bond motifs is 1. The van der Waals surface area contributed by atoms with Crippen LogP contribution in [0.1, 0.15) is 31.2 Å². The van der Waals surface area contributed by atoms with Gasteiger partial charge in [0.05, 0.1) is 12.0 Å². The lowest BCUT2D eigenvalue weighted by atomic mass is 10.0. The first-order valence-corrected chi connectivity index (χ1v) is 10.8. The van der Waals surface area contributed by atoms with Gasteiger partial charge >= 0.3 is 0 Å². The van der Waals surface area contributed by atoms with Crippen LogP contribution < -0.4 is 11.1 Å². The molecule has 1 aromatic carbocycles. The van der Waals surface area contributed by atoms with Gasteiger partial charge in [-0.15, -0.1) is 35.1 Å². The van der Waals surface area contributed by atoms with E-state index in [9.17, 15) is 9.59 Å². The molecule has 5 nitrogen and oxygen atoms in total. The highest BCUT2D eigenvalue weighted by molar-refractivity contribution is 7.17. The monoisotopic (exact) mass is 447 g/mol. The molecule has 0 saturated carbocycles. The van der Waals surface area contributed by atoms with Gasteiger partial charge in [0.25, 0.3) is 5.91 Å². The summed E-state index contributed by atoms with van der Waals surface area (Å²) in [5, 5.41) is 5.45. The van der Waals surface area contributed by atoms with E-state index in [0.717, 1.165) is 41.4 Å². The van der Waals surface area contributed by atoms with Gasteiger partial charge in [-0.25, -0.2) is 0 Å². The van der Waals surface area contributed by atoms with Crippen LogP contribution in [0.3, 0.4) is 0 Å². The zero-order valence-corrected chi connectivity index (χ0v) is 18.2. The van der Waals surface area contributed by atoms with Crippen LogP contribution in [0.4, 0.5) is 5.00 Å². The van der Waals surface area contributed by atoms with Crippen molar-refractivity contribution in [2.45, 2.75) is 25.9 Å². The van der Waals surface area contributed by atoms with Gasteiger partial charge in [0.15, 0.2) is 0 Å². The normalized spacial score (nSPS) is 13.4. The maximum Gasteiger partial charge on any atom is 0.251 e. The van der Waals surface area contributed by atoms with E-state index < -0.39 is 5.91 Å². The van der Waals surface area contributed by atoms with E-state index in [2.05, 4.69) is 22.3 Å². The fourth-order valence-electron chi connectivity index (χ4n) is 3.52. The van der Waals surface area contributed by atoms with Gasteiger partial charge in [0.1, 0.15) is 5.00 Å². The third kappa shape index (κ3) is 5.05. The molecule has 3 heterocycles. The number of hydrogen-bond acceptors (Lipinski definition) is 5. The van der Waals surface area contributed by atoms with E-state index in [4.69, 9.17) is 5.73 Å². The zero-order valence-electron chi connectivity index (χ0n) is 15.7. The Kier molecular flexibility index (Phi) is 7.08. The molecule has 0 fully saturated rings. The number of hydrogen-bond donors (Lipinski definition) is 2. The largest absolute Gasteiger partial charge is 0.365 e. The molecule has 1 aliphatic rings. The van der Waals surface area contributed by atoms with E-state index in [1.54, 1.807) is 11.3 Å². The summed E-state index contributed by atoms with van der Waals surface area (Å²) in [6.45, 7) is 2.49. The summed E-state index contributed by atoms with van der Waals surface area (Å²) in [6.07, 6.45) is 1.07.